The van der Waals surface area contributed by atoms with Gasteiger partial charge in [0.2, 0.25) is 0 Å². The van der Waals surface area contributed by atoms with Crippen molar-refractivity contribution in [3.63, 3.8) is 0 Å². The zero-order chi connectivity index (χ0) is 22.5. The molecule has 0 saturated carbocycles. The summed E-state index contributed by atoms with van der Waals surface area (Å²) in [5.74, 6) is 0. The average molecular weight is 436 g/mol. The first kappa shape index (κ1) is 20.2. The summed E-state index contributed by atoms with van der Waals surface area (Å²) >= 11 is 0. The molecule has 0 radical (unpaired) electrons. The third-order valence-electron chi connectivity index (χ3n) is 5.94. The number of nitrogens with one attached hydrogen (secondary N) is 2. The standard InChI is InChI=1S/C23H19F3N6/c24-23(25,26)22(28)15(11-27)21-14-4-2-1-3-13(14)18-16(30-21)5-6-17-19(18)20(32-31-17)12-7-9-29-10-8-12/h5-11,27H,1-4,28H2,(H,31,32). The molecule has 162 valence electrons. The predicted molar refractivity (Wildman–Crippen MR) is 117 cm³/mol. The summed E-state index contributed by atoms with van der Waals surface area (Å²) in [7, 11) is 0. The van der Waals surface area contributed by atoms with Crippen LogP contribution in [-0.4, -0.2) is 32.6 Å². The molecule has 32 heavy (non-hydrogen) atoms. The Hall–Kier alpha value is -3.75. The molecule has 0 unspecified atom stereocenters. The summed E-state index contributed by atoms with van der Waals surface area (Å²) in [6.07, 6.45) is 2.33. The van der Waals surface area contributed by atoms with E-state index in [0.717, 1.165) is 51.5 Å². The Kier molecular flexibility index (Phi) is 4.69. The van der Waals surface area contributed by atoms with Crippen molar-refractivity contribution >= 4 is 33.6 Å². The maximum absolute atomic E-state index is 13.4. The topological polar surface area (TPSA) is 104 Å². The number of pyridine rings is 2. The highest BCUT2D eigenvalue weighted by Gasteiger charge is 2.35. The van der Waals surface area contributed by atoms with Gasteiger partial charge in [0, 0.05) is 40.5 Å². The Balaban J connectivity index is 1.89. The van der Waals surface area contributed by atoms with Crippen LogP contribution in [0.1, 0.15) is 29.7 Å². The summed E-state index contributed by atoms with van der Waals surface area (Å²) in [6, 6.07) is 7.32. The van der Waals surface area contributed by atoms with E-state index in [1.807, 2.05) is 18.2 Å². The van der Waals surface area contributed by atoms with E-state index in [9.17, 15) is 13.2 Å². The Bertz CT molecular complexity index is 1390. The SMILES string of the molecule is N=CC(=C(N)C(F)(F)F)c1nc2ccc3[nH]nc(-c4ccncc4)c3c2c2c1CCCC2. The number of fused-ring (bicyclic) bond motifs is 5. The summed E-state index contributed by atoms with van der Waals surface area (Å²) in [5.41, 5.74) is 8.57. The van der Waals surface area contributed by atoms with Crippen molar-refractivity contribution in [3.05, 3.63) is 59.2 Å². The van der Waals surface area contributed by atoms with Gasteiger partial charge in [0.05, 0.1) is 16.7 Å². The first-order valence-electron chi connectivity index (χ1n) is 10.2. The van der Waals surface area contributed by atoms with Gasteiger partial charge in [0.15, 0.2) is 0 Å². The lowest BCUT2D eigenvalue weighted by molar-refractivity contribution is -0.0919. The molecular formula is C23H19F3N6. The number of allylic oxidation sites excluding steroid dienone is 2. The quantitative estimate of drug-likeness (QED) is 0.396. The van der Waals surface area contributed by atoms with Crippen LogP contribution >= 0.6 is 0 Å². The average Bonchev–Trinajstić information content (AvgIpc) is 3.23. The molecule has 3 heterocycles. The van der Waals surface area contributed by atoms with Gasteiger partial charge in [-0.05, 0) is 61.1 Å². The summed E-state index contributed by atoms with van der Waals surface area (Å²) in [5, 5.41) is 17.0. The van der Waals surface area contributed by atoms with E-state index >= 15 is 0 Å². The van der Waals surface area contributed by atoms with Crippen LogP contribution in [0.4, 0.5) is 13.2 Å². The second-order valence-electron chi connectivity index (χ2n) is 7.78. The zero-order valence-corrected chi connectivity index (χ0v) is 16.9. The molecule has 0 atom stereocenters. The third kappa shape index (κ3) is 3.12. The second-order valence-corrected chi connectivity index (χ2v) is 7.78. The van der Waals surface area contributed by atoms with Crippen molar-refractivity contribution < 1.29 is 13.2 Å². The van der Waals surface area contributed by atoms with Crippen LogP contribution in [0.2, 0.25) is 0 Å². The van der Waals surface area contributed by atoms with E-state index in [0.29, 0.717) is 24.6 Å². The van der Waals surface area contributed by atoms with Crippen molar-refractivity contribution in [2.75, 3.05) is 0 Å². The Labute approximate surface area is 180 Å². The number of benzene rings is 1. The van der Waals surface area contributed by atoms with E-state index in [1.54, 1.807) is 18.5 Å². The second kappa shape index (κ2) is 7.44. The minimum atomic E-state index is -4.74. The van der Waals surface area contributed by atoms with Gasteiger partial charge in [0.1, 0.15) is 11.4 Å². The van der Waals surface area contributed by atoms with Crippen molar-refractivity contribution in [2.45, 2.75) is 31.9 Å². The Morgan fingerprint density at radius 1 is 1.03 bits per heavy atom. The molecular weight excluding hydrogens is 417 g/mol. The van der Waals surface area contributed by atoms with Crippen LogP contribution in [0, 0.1) is 5.41 Å². The number of nitrogens with two attached hydrogens (primary N) is 1. The highest BCUT2D eigenvalue weighted by Crippen LogP contribution is 2.40. The van der Waals surface area contributed by atoms with E-state index in [4.69, 9.17) is 11.1 Å². The number of alkyl halides is 3. The van der Waals surface area contributed by atoms with Gasteiger partial charge in [-0.2, -0.15) is 18.3 Å². The van der Waals surface area contributed by atoms with Crippen molar-refractivity contribution in [1.29, 1.82) is 5.41 Å². The number of rotatable bonds is 3. The van der Waals surface area contributed by atoms with Crippen LogP contribution in [0.3, 0.4) is 0 Å². The Morgan fingerprint density at radius 2 is 1.75 bits per heavy atom. The molecule has 6 nitrogen and oxygen atoms in total. The van der Waals surface area contributed by atoms with E-state index < -0.39 is 11.9 Å². The number of H-pyrrole nitrogens is 1. The first-order chi connectivity index (χ1) is 15.4. The molecule has 9 heteroatoms. The smallest absolute Gasteiger partial charge is 0.394 e. The van der Waals surface area contributed by atoms with Crippen LogP contribution in [0.15, 0.2) is 42.4 Å². The van der Waals surface area contributed by atoms with Gasteiger partial charge in [-0.25, -0.2) is 4.98 Å². The molecule has 0 aliphatic heterocycles. The van der Waals surface area contributed by atoms with E-state index in [-0.39, 0.29) is 11.3 Å². The number of aromatic nitrogens is 4. The summed E-state index contributed by atoms with van der Waals surface area (Å²) < 4.78 is 40.2. The molecule has 5 rings (SSSR count). The van der Waals surface area contributed by atoms with Gasteiger partial charge in [-0.1, -0.05) is 0 Å². The number of hydrogen-bond acceptors (Lipinski definition) is 5. The van der Waals surface area contributed by atoms with Crippen molar-refractivity contribution in [2.24, 2.45) is 5.73 Å². The number of aryl methyl sites for hydroxylation is 1. The molecule has 3 aromatic heterocycles. The van der Waals surface area contributed by atoms with Gasteiger partial charge >= 0.3 is 6.18 Å². The van der Waals surface area contributed by atoms with E-state index in [2.05, 4.69) is 20.2 Å². The zero-order valence-electron chi connectivity index (χ0n) is 16.9. The first-order valence-corrected chi connectivity index (χ1v) is 10.2. The molecule has 0 amide bonds. The molecule has 0 fully saturated rings. The van der Waals surface area contributed by atoms with Crippen LogP contribution < -0.4 is 5.73 Å². The predicted octanol–water partition coefficient (Wildman–Crippen LogP) is 4.93. The fourth-order valence-corrected chi connectivity index (χ4v) is 4.50. The molecule has 1 aromatic carbocycles. The van der Waals surface area contributed by atoms with Gasteiger partial charge in [0.25, 0.3) is 0 Å². The summed E-state index contributed by atoms with van der Waals surface area (Å²) in [4.78, 5) is 8.68. The van der Waals surface area contributed by atoms with Crippen LogP contribution in [-0.2, 0) is 12.8 Å². The van der Waals surface area contributed by atoms with Crippen LogP contribution in [0.25, 0.3) is 38.6 Å². The number of nitrogens with zero attached hydrogens (tertiary/aromatic N) is 3. The normalized spacial score (nSPS) is 15.0. The van der Waals surface area contributed by atoms with Crippen molar-refractivity contribution in [1.82, 2.24) is 20.2 Å². The summed E-state index contributed by atoms with van der Waals surface area (Å²) in [6.45, 7) is 0. The molecule has 1 aliphatic carbocycles. The fraction of sp³-hybridized carbons (Fsp3) is 0.217. The van der Waals surface area contributed by atoms with Gasteiger partial charge < -0.3 is 11.1 Å². The fourth-order valence-electron chi connectivity index (χ4n) is 4.50. The number of hydrogen-bond donors (Lipinski definition) is 3. The molecule has 4 N–H and O–H groups in total. The monoisotopic (exact) mass is 436 g/mol. The molecule has 1 aliphatic rings. The molecule has 0 spiro atoms. The number of halogens is 3. The van der Waals surface area contributed by atoms with E-state index in [1.165, 1.54) is 0 Å². The lowest BCUT2D eigenvalue weighted by atomic mass is 9.84. The largest absolute Gasteiger partial charge is 0.431 e. The Morgan fingerprint density at radius 3 is 2.44 bits per heavy atom. The van der Waals surface area contributed by atoms with Crippen LogP contribution in [0.5, 0.6) is 0 Å². The molecule has 0 saturated heterocycles. The minimum absolute atomic E-state index is 0.144. The lowest BCUT2D eigenvalue weighted by Crippen LogP contribution is -2.23. The highest BCUT2D eigenvalue weighted by molar-refractivity contribution is 6.15. The maximum atomic E-state index is 13.4. The maximum Gasteiger partial charge on any atom is 0.431 e. The minimum Gasteiger partial charge on any atom is -0.394 e. The molecule has 4 aromatic rings. The van der Waals surface area contributed by atoms with Gasteiger partial charge in [-0.15, -0.1) is 0 Å². The lowest BCUT2D eigenvalue weighted by Gasteiger charge is -2.23. The van der Waals surface area contributed by atoms with Crippen molar-refractivity contribution in [3.8, 4) is 11.3 Å². The highest BCUT2D eigenvalue weighted by atomic mass is 19.4. The third-order valence-corrected chi connectivity index (χ3v) is 5.94. The van der Waals surface area contributed by atoms with Gasteiger partial charge in [-0.3, -0.25) is 10.1 Å². The number of aromatic amines is 1. The molecule has 0 bridgehead atoms.